The maximum Gasteiger partial charge on any atom is 0.338 e. The van der Waals surface area contributed by atoms with E-state index < -0.39 is 0 Å². The Bertz CT molecular complexity index is 643. The Morgan fingerprint density at radius 1 is 1.05 bits per heavy atom. The highest BCUT2D eigenvalue weighted by molar-refractivity contribution is 7.80. The molecule has 0 heterocycles. The maximum absolute atomic E-state index is 12.0. The minimum absolute atomic E-state index is 0.188. The van der Waals surface area contributed by atoms with E-state index in [1.807, 2.05) is 36.4 Å². The van der Waals surface area contributed by atoms with Crippen LogP contribution in [0.2, 0.25) is 0 Å². The fraction of sp³-hybridized carbons (Fsp3) is 0.176. The van der Waals surface area contributed by atoms with Crippen molar-refractivity contribution in [2.75, 3.05) is 13.2 Å². The monoisotopic (exact) mass is 315 g/mol. The first-order valence-corrected chi connectivity index (χ1v) is 7.28. The minimum Gasteiger partial charge on any atom is -0.490 e. The first-order valence-electron chi connectivity index (χ1n) is 6.87. The smallest absolute Gasteiger partial charge is 0.338 e. The van der Waals surface area contributed by atoms with Crippen LogP contribution in [0.3, 0.4) is 0 Å². The zero-order valence-corrected chi connectivity index (χ0v) is 12.8. The highest BCUT2D eigenvalue weighted by atomic mass is 32.1. The topological polar surface area (TPSA) is 61.6 Å². The molecule has 0 amide bonds. The number of thiocarbonyl (C=S) groups is 1. The second kappa shape index (κ2) is 8.14. The molecule has 0 radical (unpaired) electrons. The summed E-state index contributed by atoms with van der Waals surface area (Å²) in [5.41, 5.74) is 6.87. The molecule has 2 aromatic carbocycles. The number of benzene rings is 2. The quantitative estimate of drug-likeness (QED) is 0.483. The second-order valence-electron chi connectivity index (χ2n) is 4.64. The lowest BCUT2D eigenvalue weighted by Gasteiger charge is -2.08. The number of carbonyl (C=O) groups excluding carboxylic acids is 1. The van der Waals surface area contributed by atoms with Gasteiger partial charge in [0.1, 0.15) is 19.0 Å². The molecule has 2 rings (SSSR count). The number of ether oxygens (including phenoxy) is 2. The summed E-state index contributed by atoms with van der Waals surface area (Å²) in [5.74, 6) is 0.360. The van der Waals surface area contributed by atoms with Gasteiger partial charge in [-0.2, -0.15) is 0 Å². The third kappa shape index (κ3) is 5.18. The van der Waals surface area contributed by atoms with Crippen molar-refractivity contribution in [1.29, 1.82) is 0 Å². The summed E-state index contributed by atoms with van der Waals surface area (Å²) in [6, 6.07) is 16.5. The largest absolute Gasteiger partial charge is 0.490 e. The lowest BCUT2D eigenvalue weighted by Crippen LogP contribution is -2.14. The maximum atomic E-state index is 12.0. The molecule has 0 aromatic heterocycles. The molecule has 114 valence electrons. The van der Waals surface area contributed by atoms with Crippen LogP contribution in [-0.4, -0.2) is 24.2 Å². The van der Waals surface area contributed by atoms with Gasteiger partial charge in [-0.1, -0.05) is 42.5 Å². The lowest BCUT2D eigenvalue weighted by molar-refractivity contribution is 0.0450. The molecule has 0 aliphatic heterocycles. The van der Waals surface area contributed by atoms with Crippen LogP contribution in [0.1, 0.15) is 15.9 Å². The molecule has 0 atom stereocenters. The van der Waals surface area contributed by atoms with Crippen LogP contribution in [0.25, 0.3) is 0 Å². The zero-order chi connectivity index (χ0) is 15.8. The van der Waals surface area contributed by atoms with E-state index in [1.54, 1.807) is 18.2 Å². The number of hydrogen-bond acceptors (Lipinski definition) is 4. The Morgan fingerprint density at radius 2 is 1.82 bits per heavy atom. The van der Waals surface area contributed by atoms with E-state index in [4.69, 9.17) is 27.4 Å². The summed E-state index contributed by atoms with van der Waals surface area (Å²) in [4.78, 5) is 12.3. The first kappa shape index (κ1) is 16.0. The molecule has 4 nitrogen and oxygen atoms in total. The van der Waals surface area contributed by atoms with Gasteiger partial charge in [-0.3, -0.25) is 0 Å². The third-order valence-corrected chi connectivity index (χ3v) is 3.01. The third-order valence-electron chi connectivity index (χ3n) is 2.87. The summed E-state index contributed by atoms with van der Waals surface area (Å²) in [7, 11) is 0. The van der Waals surface area contributed by atoms with Crippen LogP contribution in [0.15, 0.2) is 54.6 Å². The van der Waals surface area contributed by atoms with Crippen LogP contribution >= 0.6 is 12.2 Å². The predicted octanol–water partition coefficient (Wildman–Crippen LogP) is 2.75. The molecule has 0 spiro atoms. The van der Waals surface area contributed by atoms with E-state index >= 15 is 0 Å². The Morgan fingerprint density at radius 3 is 2.55 bits per heavy atom. The molecular weight excluding hydrogens is 298 g/mol. The lowest BCUT2D eigenvalue weighted by atomic mass is 10.1. The number of carbonyl (C=O) groups is 1. The van der Waals surface area contributed by atoms with Gasteiger partial charge < -0.3 is 15.2 Å². The van der Waals surface area contributed by atoms with Crippen LogP contribution < -0.4 is 10.5 Å². The molecule has 22 heavy (non-hydrogen) atoms. The van der Waals surface area contributed by atoms with Crippen molar-refractivity contribution in [2.24, 2.45) is 5.73 Å². The fourth-order valence-electron chi connectivity index (χ4n) is 1.90. The molecule has 5 heteroatoms. The Balaban J connectivity index is 1.81. The van der Waals surface area contributed by atoms with Gasteiger partial charge in [0.2, 0.25) is 0 Å². The van der Waals surface area contributed by atoms with Gasteiger partial charge in [-0.05, 0) is 29.8 Å². The van der Waals surface area contributed by atoms with Crippen molar-refractivity contribution in [2.45, 2.75) is 6.42 Å². The van der Waals surface area contributed by atoms with E-state index in [1.165, 1.54) is 0 Å². The average Bonchev–Trinajstić information content (AvgIpc) is 2.52. The first-order chi connectivity index (χ1) is 10.6. The summed E-state index contributed by atoms with van der Waals surface area (Å²) >= 11 is 4.86. The zero-order valence-electron chi connectivity index (χ0n) is 12.0. The van der Waals surface area contributed by atoms with Crippen LogP contribution in [-0.2, 0) is 11.2 Å². The van der Waals surface area contributed by atoms with E-state index in [-0.39, 0.29) is 12.6 Å². The molecule has 0 saturated heterocycles. The molecule has 0 fully saturated rings. The molecule has 0 unspecified atom stereocenters. The minimum atomic E-state index is -0.388. The van der Waals surface area contributed by atoms with Gasteiger partial charge >= 0.3 is 5.97 Å². The summed E-state index contributed by atoms with van der Waals surface area (Å²) < 4.78 is 10.6. The number of nitrogens with two attached hydrogens (primary N) is 1. The van der Waals surface area contributed by atoms with E-state index in [9.17, 15) is 4.79 Å². The molecule has 0 aliphatic carbocycles. The normalized spacial score (nSPS) is 10.0. The Hall–Kier alpha value is -2.40. The number of para-hydroxylation sites is 1. The van der Waals surface area contributed by atoms with Crippen molar-refractivity contribution in [3.8, 4) is 5.75 Å². The Labute approximate surface area is 134 Å². The molecule has 2 N–H and O–H groups in total. The highest BCUT2D eigenvalue weighted by Gasteiger charge is 2.08. The number of hydrogen-bond donors (Lipinski definition) is 1. The number of rotatable bonds is 7. The molecule has 0 aliphatic rings. The van der Waals surface area contributed by atoms with Crippen molar-refractivity contribution in [3.05, 3.63) is 65.7 Å². The number of esters is 1. The predicted molar refractivity (Wildman–Crippen MR) is 89.2 cm³/mol. The Kier molecular flexibility index (Phi) is 5.91. The van der Waals surface area contributed by atoms with Gasteiger partial charge in [0, 0.05) is 6.42 Å². The van der Waals surface area contributed by atoms with Crippen molar-refractivity contribution >= 4 is 23.2 Å². The van der Waals surface area contributed by atoms with Crippen LogP contribution in [0.4, 0.5) is 0 Å². The molecular formula is C17H17NO3S. The van der Waals surface area contributed by atoms with Crippen LogP contribution in [0.5, 0.6) is 5.75 Å². The molecule has 0 saturated carbocycles. The summed E-state index contributed by atoms with van der Waals surface area (Å²) in [5, 5.41) is 0. The van der Waals surface area contributed by atoms with E-state index in [0.29, 0.717) is 23.6 Å². The second-order valence-corrected chi connectivity index (χ2v) is 5.17. The highest BCUT2D eigenvalue weighted by Crippen LogP contribution is 2.09. The van der Waals surface area contributed by atoms with Crippen LogP contribution in [0, 0.1) is 0 Å². The van der Waals surface area contributed by atoms with Crippen molar-refractivity contribution in [3.63, 3.8) is 0 Å². The summed E-state index contributed by atoms with van der Waals surface area (Å²) in [6.45, 7) is 0.496. The van der Waals surface area contributed by atoms with E-state index in [2.05, 4.69) is 0 Å². The molecule has 2 aromatic rings. The standard InChI is InChI=1S/C17H17NO3S/c18-16(22)12-13-5-4-6-14(11-13)17(19)21-10-9-20-15-7-2-1-3-8-15/h1-8,11H,9-10,12H2,(H2,18,22). The van der Waals surface area contributed by atoms with Gasteiger partial charge in [0.15, 0.2) is 0 Å². The van der Waals surface area contributed by atoms with Gasteiger partial charge in [-0.25, -0.2) is 4.79 Å². The fourth-order valence-corrected chi connectivity index (χ4v) is 2.07. The van der Waals surface area contributed by atoms with Gasteiger partial charge in [0.25, 0.3) is 0 Å². The van der Waals surface area contributed by atoms with Gasteiger partial charge in [0.05, 0.1) is 10.6 Å². The summed E-state index contributed by atoms with van der Waals surface area (Å²) in [6.07, 6.45) is 0.466. The van der Waals surface area contributed by atoms with Gasteiger partial charge in [-0.15, -0.1) is 0 Å². The molecule has 0 bridgehead atoms. The van der Waals surface area contributed by atoms with E-state index in [0.717, 1.165) is 11.3 Å². The SMILES string of the molecule is NC(=S)Cc1cccc(C(=O)OCCOc2ccccc2)c1. The van der Waals surface area contributed by atoms with Crippen molar-refractivity contribution in [1.82, 2.24) is 0 Å². The van der Waals surface area contributed by atoms with Crippen molar-refractivity contribution < 1.29 is 14.3 Å². The average molecular weight is 315 g/mol.